The van der Waals surface area contributed by atoms with E-state index in [2.05, 4.69) is 34.5 Å². The average Bonchev–Trinajstić information content (AvgIpc) is 2.87. The Morgan fingerprint density at radius 2 is 1.67 bits per heavy atom. The molecular weight excluding hydrogens is 414 g/mol. The minimum Gasteiger partial charge on any atom is -0.495 e. The van der Waals surface area contributed by atoms with E-state index < -0.39 is 0 Å². The number of hydrogen-bond acceptors (Lipinski definition) is 4. The summed E-state index contributed by atoms with van der Waals surface area (Å²) in [5.74, 6) is 0.151. The number of nitrogens with zero attached hydrogens (tertiary/aromatic N) is 2. The number of rotatable bonds is 7. The molecule has 170 valence electrons. The summed E-state index contributed by atoms with van der Waals surface area (Å²) in [7, 11) is 1.55. The van der Waals surface area contributed by atoms with E-state index in [1.807, 2.05) is 43.3 Å². The third-order valence-corrected chi connectivity index (χ3v) is 5.99. The number of para-hydroxylation sites is 2. The number of amides is 2. The van der Waals surface area contributed by atoms with Crippen molar-refractivity contribution < 1.29 is 14.3 Å². The molecule has 3 aromatic rings. The lowest BCUT2D eigenvalue weighted by Crippen LogP contribution is -2.38. The Bertz CT molecular complexity index is 1130. The van der Waals surface area contributed by atoms with Crippen LogP contribution in [0.15, 0.2) is 72.8 Å². The highest BCUT2D eigenvalue weighted by atomic mass is 16.5. The topological polar surface area (TPSA) is 61.9 Å². The quantitative estimate of drug-likeness (QED) is 0.590. The normalized spacial score (nSPS) is 12.6. The first-order valence-corrected chi connectivity index (χ1v) is 11.2. The van der Waals surface area contributed by atoms with Crippen LogP contribution in [0, 0.1) is 0 Å². The van der Waals surface area contributed by atoms with E-state index in [1.54, 1.807) is 19.2 Å². The summed E-state index contributed by atoms with van der Waals surface area (Å²) in [5.41, 5.74) is 5.01. The lowest BCUT2D eigenvalue weighted by atomic mass is 9.99. The van der Waals surface area contributed by atoms with E-state index in [0.29, 0.717) is 23.5 Å². The summed E-state index contributed by atoms with van der Waals surface area (Å²) in [6.45, 7) is 4.09. The molecule has 1 heterocycles. The molecule has 0 saturated heterocycles. The Labute approximate surface area is 194 Å². The number of methoxy groups -OCH3 is 1. The summed E-state index contributed by atoms with van der Waals surface area (Å²) < 4.78 is 5.28. The lowest BCUT2D eigenvalue weighted by molar-refractivity contribution is -0.116. The summed E-state index contributed by atoms with van der Waals surface area (Å²) in [6.07, 6.45) is 1.02. The number of carbonyl (C=O) groups is 2. The Kier molecular flexibility index (Phi) is 6.93. The van der Waals surface area contributed by atoms with E-state index in [1.165, 1.54) is 16.0 Å². The van der Waals surface area contributed by atoms with Crippen molar-refractivity contribution in [2.75, 3.05) is 37.0 Å². The molecule has 3 aromatic carbocycles. The van der Waals surface area contributed by atoms with E-state index >= 15 is 0 Å². The van der Waals surface area contributed by atoms with Crippen LogP contribution >= 0.6 is 0 Å². The first kappa shape index (κ1) is 22.4. The Morgan fingerprint density at radius 3 is 2.39 bits per heavy atom. The zero-order chi connectivity index (χ0) is 23.2. The molecule has 1 aliphatic rings. The second kappa shape index (κ2) is 10.2. The molecule has 0 bridgehead atoms. The number of carbonyl (C=O) groups excluding carboxylic acids is 2. The molecule has 0 saturated carbocycles. The van der Waals surface area contributed by atoms with Gasteiger partial charge in [-0.3, -0.25) is 9.59 Å². The van der Waals surface area contributed by atoms with Crippen molar-refractivity contribution in [3.8, 4) is 5.75 Å². The van der Waals surface area contributed by atoms with Crippen molar-refractivity contribution in [2.45, 2.75) is 19.9 Å². The van der Waals surface area contributed by atoms with Crippen molar-refractivity contribution >= 4 is 23.2 Å². The molecule has 0 radical (unpaired) electrons. The van der Waals surface area contributed by atoms with Crippen LogP contribution in [0.1, 0.15) is 28.4 Å². The van der Waals surface area contributed by atoms with E-state index in [9.17, 15) is 9.59 Å². The van der Waals surface area contributed by atoms with Gasteiger partial charge < -0.3 is 19.9 Å². The summed E-state index contributed by atoms with van der Waals surface area (Å²) in [5, 5.41) is 2.83. The van der Waals surface area contributed by atoms with Gasteiger partial charge in [-0.25, -0.2) is 0 Å². The molecule has 4 rings (SSSR count). The van der Waals surface area contributed by atoms with Gasteiger partial charge in [-0.15, -0.1) is 0 Å². The molecule has 0 atom stereocenters. The number of fused-ring (bicyclic) bond motifs is 1. The van der Waals surface area contributed by atoms with Gasteiger partial charge in [-0.05, 0) is 60.9 Å². The largest absolute Gasteiger partial charge is 0.495 e. The zero-order valence-electron chi connectivity index (χ0n) is 19.1. The van der Waals surface area contributed by atoms with Gasteiger partial charge in [0, 0.05) is 30.9 Å². The number of likely N-dealkylation sites (N-methyl/N-ethyl adjacent to an activating group) is 1. The van der Waals surface area contributed by atoms with Crippen LogP contribution in [0.5, 0.6) is 5.75 Å². The Morgan fingerprint density at radius 1 is 0.970 bits per heavy atom. The first-order valence-electron chi connectivity index (χ1n) is 11.2. The molecule has 1 N–H and O–H groups in total. The van der Waals surface area contributed by atoms with Gasteiger partial charge in [0.1, 0.15) is 12.3 Å². The second-order valence-electron chi connectivity index (χ2n) is 8.05. The Hall–Kier alpha value is -3.80. The molecule has 0 fully saturated rings. The van der Waals surface area contributed by atoms with Crippen LogP contribution in [0.3, 0.4) is 0 Å². The van der Waals surface area contributed by atoms with Crippen LogP contribution in [0.2, 0.25) is 0 Å². The first-order chi connectivity index (χ1) is 16.1. The van der Waals surface area contributed by atoms with Crippen molar-refractivity contribution in [3.63, 3.8) is 0 Å². The van der Waals surface area contributed by atoms with E-state index in [0.717, 1.165) is 25.2 Å². The molecule has 6 nitrogen and oxygen atoms in total. The molecule has 2 amide bonds. The van der Waals surface area contributed by atoms with Gasteiger partial charge in [-0.1, -0.05) is 36.4 Å². The maximum atomic E-state index is 13.0. The van der Waals surface area contributed by atoms with E-state index in [-0.39, 0.29) is 18.4 Å². The van der Waals surface area contributed by atoms with Crippen molar-refractivity contribution in [3.05, 3.63) is 89.5 Å². The summed E-state index contributed by atoms with van der Waals surface area (Å²) >= 11 is 0. The number of ether oxygens (including phenoxy) is 1. The molecule has 33 heavy (non-hydrogen) atoms. The maximum Gasteiger partial charge on any atom is 0.254 e. The zero-order valence-corrected chi connectivity index (χ0v) is 19.1. The minimum atomic E-state index is -0.265. The number of anilines is 2. The fourth-order valence-corrected chi connectivity index (χ4v) is 4.15. The lowest BCUT2D eigenvalue weighted by Gasteiger charge is -2.31. The maximum absolute atomic E-state index is 13.0. The van der Waals surface area contributed by atoms with Gasteiger partial charge >= 0.3 is 0 Å². The molecule has 0 aliphatic carbocycles. The highest BCUT2D eigenvalue weighted by molar-refractivity contribution is 6.00. The SMILES string of the molecule is CCN(CC(=O)Nc1ccccc1OC)C(=O)c1ccc(N2CCc3ccccc3C2)cc1. The smallest absolute Gasteiger partial charge is 0.254 e. The van der Waals surface area contributed by atoms with Gasteiger partial charge in [-0.2, -0.15) is 0 Å². The van der Waals surface area contributed by atoms with Crippen LogP contribution in [-0.4, -0.2) is 43.5 Å². The fraction of sp³-hybridized carbons (Fsp3) is 0.259. The molecule has 0 spiro atoms. The van der Waals surface area contributed by atoms with Gasteiger partial charge in [0.15, 0.2) is 0 Å². The van der Waals surface area contributed by atoms with Crippen LogP contribution in [-0.2, 0) is 17.8 Å². The van der Waals surface area contributed by atoms with Crippen molar-refractivity contribution in [1.82, 2.24) is 4.90 Å². The summed E-state index contributed by atoms with van der Waals surface area (Å²) in [6, 6.07) is 23.4. The van der Waals surface area contributed by atoms with Crippen molar-refractivity contribution in [1.29, 1.82) is 0 Å². The van der Waals surface area contributed by atoms with Gasteiger partial charge in [0.05, 0.1) is 12.8 Å². The number of benzene rings is 3. The van der Waals surface area contributed by atoms with Crippen LogP contribution < -0.4 is 15.0 Å². The molecule has 1 aliphatic heterocycles. The fourth-order valence-electron chi connectivity index (χ4n) is 4.15. The third-order valence-electron chi connectivity index (χ3n) is 5.99. The predicted molar refractivity (Wildman–Crippen MR) is 131 cm³/mol. The van der Waals surface area contributed by atoms with Crippen LogP contribution in [0.25, 0.3) is 0 Å². The monoisotopic (exact) mass is 443 g/mol. The van der Waals surface area contributed by atoms with Gasteiger partial charge in [0.25, 0.3) is 5.91 Å². The standard InChI is InChI=1S/C27H29N3O3/c1-3-29(19-26(31)28-24-10-6-7-11-25(24)33-2)27(32)21-12-14-23(15-13-21)30-17-16-20-8-4-5-9-22(20)18-30/h4-15H,3,16-19H2,1-2H3,(H,28,31). The second-order valence-corrected chi connectivity index (χ2v) is 8.05. The predicted octanol–water partition coefficient (Wildman–Crippen LogP) is 4.36. The van der Waals surface area contributed by atoms with Crippen molar-refractivity contribution in [2.24, 2.45) is 0 Å². The highest BCUT2D eigenvalue weighted by Crippen LogP contribution is 2.25. The molecule has 0 unspecified atom stereocenters. The summed E-state index contributed by atoms with van der Waals surface area (Å²) in [4.78, 5) is 29.5. The third kappa shape index (κ3) is 5.17. The van der Waals surface area contributed by atoms with Crippen LogP contribution in [0.4, 0.5) is 11.4 Å². The molecular formula is C27H29N3O3. The molecule has 6 heteroatoms. The minimum absolute atomic E-state index is 0.0297. The highest BCUT2D eigenvalue weighted by Gasteiger charge is 2.20. The Balaban J connectivity index is 1.40. The average molecular weight is 444 g/mol. The number of nitrogens with one attached hydrogen (secondary N) is 1. The van der Waals surface area contributed by atoms with E-state index in [4.69, 9.17) is 4.74 Å². The number of hydrogen-bond donors (Lipinski definition) is 1. The van der Waals surface area contributed by atoms with Gasteiger partial charge in [0.2, 0.25) is 5.91 Å². The molecule has 0 aromatic heterocycles.